The van der Waals surface area contributed by atoms with Gasteiger partial charge in [0, 0.05) is 12.6 Å². The topological polar surface area (TPSA) is 94.4 Å². The molecule has 8 nitrogen and oxygen atoms in total. The number of sulfone groups is 1. The monoisotopic (exact) mass is 330 g/mol. The summed E-state index contributed by atoms with van der Waals surface area (Å²) in [5, 5.41) is 7.68. The van der Waals surface area contributed by atoms with E-state index in [0.717, 1.165) is 6.54 Å². The van der Waals surface area contributed by atoms with E-state index in [9.17, 15) is 13.2 Å². The summed E-state index contributed by atoms with van der Waals surface area (Å²) in [6, 6.07) is -0.0156. The van der Waals surface area contributed by atoms with Gasteiger partial charge in [0.05, 0.1) is 31.5 Å². The lowest BCUT2D eigenvalue weighted by Crippen LogP contribution is -2.40. The Kier molecular flexibility index (Phi) is 5.17. The zero-order valence-corrected chi connectivity index (χ0v) is 13.9. The summed E-state index contributed by atoms with van der Waals surface area (Å²) in [5.74, 6) is 0.270. The van der Waals surface area contributed by atoms with Crippen molar-refractivity contribution in [3.05, 3.63) is 11.9 Å². The predicted octanol–water partition coefficient (Wildman–Crippen LogP) is 0.167. The Hall–Kier alpha value is -1.48. The molecule has 0 aliphatic carbocycles. The van der Waals surface area contributed by atoms with E-state index in [1.54, 1.807) is 4.68 Å². The van der Waals surface area contributed by atoms with Crippen LogP contribution < -0.4 is 0 Å². The van der Waals surface area contributed by atoms with Crippen LogP contribution in [-0.2, 0) is 21.2 Å². The molecule has 0 unspecified atom stereocenters. The second-order valence-electron chi connectivity index (χ2n) is 6.00. The van der Waals surface area contributed by atoms with E-state index in [1.165, 1.54) is 13.3 Å². The van der Waals surface area contributed by atoms with Crippen LogP contribution in [-0.4, -0.2) is 65.5 Å². The number of aromatic nitrogens is 3. The van der Waals surface area contributed by atoms with Crippen molar-refractivity contribution in [1.29, 1.82) is 0 Å². The highest BCUT2D eigenvalue weighted by Crippen LogP contribution is 2.19. The van der Waals surface area contributed by atoms with Gasteiger partial charge in [0.1, 0.15) is 0 Å². The summed E-state index contributed by atoms with van der Waals surface area (Å²) in [6.07, 6.45) is 2.15. The number of rotatable bonds is 6. The van der Waals surface area contributed by atoms with Crippen LogP contribution in [0.1, 0.15) is 30.8 Å². The highest BCUT2D eigenvalue weighted by atomic mass is 32.2. The normalized spacial score (nSPS) is 20.7. The van der Waals surface area contributed by atoms with Crippen LogP contribution in [0.3, 0.4) is 0 Å². The molecule has 0 aromatic carbocycles. The number of hydrogen-bond donors (Lipinski definition) is 0. The Morgan fingerprint density at radius 3 is 2.82 bits per heavy atom. The first-order valence-corrected chi connectivity index (χ1v) is 9.06. The molecule has 0 amide bonds. The fourth-order valence-corrected chi connectivity index (χ4v) is 4.37. The minimum atomic E-state index is -2.94. The van der Waals surface area contributed by atoms with Crippen LogP contribution in [0.2, 0.25) is 0 Å². The number of carbonyl (C=O) groups excluding carboxylic acids is 1. The first-order valence-electron chi connectivity index (χ1n) is 7.23. The first kappa shape index (κ1) is 16.9. The number of hydrogen-bond acceptors (Lipinski definition) is 7. The molecule has 2 heterocycles. The average Bonchev–Trinajstić information content (AvgIpc) is 3.03. The fourth-order valence-electron chi connectivity index (χ4n) is 2.61. The van der Waals surface area contributed by atoms with Crippen LogP contribution in [0.4, 0.5) is 0 Å². The van der Waals surface area contributed by atoms with Gasteiger partial charge in [-0.05, 0) is 12.3 Å². The molecule has 1 atom stereocenters. The van der Waals surface area contributed by atoms with Crippen molar-refractivity contribution in [2.45, 2.75) is 33.0 Å². The van der Waals surface area contributed by atoms with Gasteiger partial charge in [-0.1, -0.05) is 19.1 Å². The van der Waals surface area contributed by atoms with Crippen molar-refractivity contribution in [1.82, 2.24) is 19.9 Å². The molecule has 0 N–H and O–H groups in total. The molecule has 124 valence electrons. The molecule has 9 heteroatoms. The van der Waals surface area contributed by atoms with Crippen LogP contribution in [0.5, 0.6) is 0 Å². The zero-order valence-electron chi connectivity index (χ0n) is 13.1. The minimum absolute atomic E-state index is 0.0156. The maximum atomic E-state index is 11.7. The van der Waals surface area contributed by atoms with Gasteiger partial charge in [-0.15, -0.1) is 5.10 Å². The van der Waals surface area contributed by atoms with E-state index in [1.807, 2.05) is 0 Å². The summed E-state index contributed by atoms with van der Waals surface area (Å²) in [4.78, 5) is 13.5. The van der Waals surface area contributed by atoms with Crippen molar-refractivity contribution in [3.8, 4) is 0 Å². The number of esters is 1. The Morgan fingerprint density at radius 1 is 1.55 bits per heavy atom. The minimum Gasteiger partial charge on any atom is -0.464 e. The van der Waals surface area contributed by atoms with E-state index >= 15 is 0 Å². The van der Waals surface area contributed by atoms with Crippen LogP contribution in [0.15, 0.2) is 6.20 Å². The van der Waals surface area contributed by atoms with Gasteiger partial charge in [0.15, 0.2) is 15.5 Å². The lowest BCUT2D eigenvalue weighted by atomic mass is 10.1. The third-order valence-electron chi connectivity index (χ3n) is 3.58. The molecular weight excluding hydrogens is 308 g/mol. The van der Waals surface area contributed by atoms with Gasteiger partial charge in [-0.25, -0.2) is 17.9 Å². The molecule has 1 saturated heterocycles. The van der Waals surface area contributed by atoms with Crippen molar-refractivity contribution in [3.63, 3.8) is 0 Å². The Balaban J connectivity index is 2.10. The molecule has 22 heavy (non-hydrogen) atoms. The van der Waals surface area contributed by atoms with Gasteiger partial charge in [-0.3, -0.25) is 4.90 Å². The number of nitrogens with zero attached hydrogens (tertiary/aromatic N) is 4. The molecule has 1 aromatic rings. The first-order chi connectivity index (χ1) is 10.3. The van der Waals surface area contributed by atoms with E-state index in [4.69, 9.17) is 0 Å². The number of methoxy groups -OCH3 is 1. The summed E-state index contributed by atoms with van der Waals surface area (Å²) >= 11 is 0. The van der Waals surface area contributed by atoms with E-state index in [2.05, 4.69) is 33.8 Å². The fraction of sp³-hybridized carbons (Fsp3) is 0.769. The Bertz CT molecular complexity index is 626. The van der Waals surface area contributed by atoms with E-state index in [0.29, 0.717) is 19.0 Å². The third kappa shape index (κ3) is 4.26. The number of ether oxygens (including phenoxy) is 1. The molecule has 1 aliphatic rings. The predicted molar refractivity (Wildman–Crippen MR) is 80.0 cm³/mol. The number of carbonyl (C=O) groups is 1. The molecule has 1 aliphatic heterocycles. The molecule has 0 saturated carbocycles. The van der Waals surface area contributed by atoms with Crippen molar-refractivity contribution < 1.29 is 17.9 Å². The molecular formula is C13H22N4O4S. The van der Waals surface area contributed by atoms with Gasteiger partial charge < -0.3 is 4.74 Å². The highest BCUT2D eigenvalue weighted by molar-refractivity contribution is 7.91. The SMILES string of the molecule is COC(=O)c1cn(CN(CC(C)C)[C@@H]2CCS(=O)(=O)C2)nn1. The smallest absolute Gasteiger partial charge is 0.360 e. The maximum absolute atomic E-state index is 11.7. The summed E-state index contributed by atoms with van der Waals surface area (Å²) < 4.78 is 29.5. The molecule has 1 fully saturated rings. The van der Waals surface area contributed by atoms with Crippen LogP contribution in [0, 0.1) is 5.92 Å². The van der Waals surface area contributed by atoms with E-state index < -0.39 is 15.8 Å². The Morgan fingerprint density at radius 2 is 2.27 bits per heavy atom. The lowest BCUT2D eigenvalue weighted by Gasteiger charge is -2.29. The van der Waals surface area contributed by atoms with Crippen LogP contribution in [0.25, 0.3) is 0 Å². The second kappa shape index (κ2) is 6.74. The largest absolute Gasteiger partial charge is 0.464 e. The quantitative estimate of drug-likeness (QED) is 0.686. The summed E-state index contributed by atoms with van der Waals surface area (Å²) in [5.41, 5.74) is 0.144. The Labute approximate surface area is 130 Å². The van der Waals surface area contributed by atoms with Crippen molar-refractivity contribution in [2.24, 2.45) is 5.92 Å². The molecule has 0 bridgehead atoms. The summed E-state index contributed by atoms with van der Waals surface area (Å²) in [7, 11) is -1.65. The highest BCUT2D eigenvalue weighted by Gasteiger charge is 2.32. The third-order valence-corrected chi connectivity index (χ3v) is 5.33. The van der Waals surface area contributed by atoms with Gasteiger partial charge in [-0.2, -0.15) is 0 Å². The summed E-state index contributed by atoms with van der Waals surface area (Å²) in [6.45, 7) is 5.32. The van der Waals surface area contributed by atoms with Crippen LogP contribution >= 0.6 is 0 Å². The average molecular weight is 330 g/mol. The lowest BCUT2D eigenvalue weighted by molar-refractivity contribution is 0.0593. The van der Waals surface area contributed by atoms with Gasteiger partial charge >= 0.3 is 5.97 Å². The molecule has 2 rings (SSSR count). The molecule has 0 radical (unpaired) electrons. The van der Waals surface area contributed by atoms with Crippen molar-refractivity contribution >= 4 is 15.8 Å². The van der Waals surface area contributed by atoms with E-state index in [-0.39, 0.29) is 23.2 Å². The van der Waals surface area contributed by atoms with Gasteiger partial charge in [0.25, 0.3) is 0 Å². The van der Waals surface area contributed by atoms with Gasteiger partial charge in [0.2, 0.25) is 0 Å². The standard InChI is InChI=1S/C13H22N4O4S/c1-10(2)6-16(11-4-5-22(19,20)8-11)9-17-7-12(14-15-17)13(18)21-3/h7,10-11H,4-6,8-9H2,1-3H3/t11-/m1/s1. The zero-order chi connectivity index (χ0) is 16.3. The maximum Gasteiger partial charge on any atom is 0.360 e. The molecule has 0 spiro atoms. The molecule has 1 aromatic heterocycles. The van der Waals surface area contributed by atoms with Crippen molar-refractivity contribution in [2.75, 3.05) is 25.2 Å². The second-order valence-corrected chi connectivity index (χ2v) is 8.23.